The van der Waals surface area contributed by atoms with Gasteiger partial charge < -0.3 is 15.5 Å². The number of hydrogen-bond donors (Lipinski definition) is 2. The highest BCUT2D eigenvalue weighted by Gasteiger charge is 2.23. The molecule has 21 heavy (non-hydrogen) atoms. The van der Waals surface area contributed by atoms with E-state index in [9.17, 15) is 0 Å². The third-order valence-corrected chi connectivity index (χ3v) is 4.80. The minimum Gasteiger partial charge on any atom is -0.357 e. The topological polar surface area (TPSA) is 66.0 Å². The maximum atomic E-state index is 4.60. The Kier molecular flexibility index (Phi) is 4.41. The second-order valence-electron chi connectivity index (χ2n) is 6.28. The first-order valence-corrected chi connectivity index (χ1v) is 8.19. The van der Waals surface area contributed by atoms with Crippen LogP contribution in [0, 0.1) is 11.8 Å². The fourth-order valence-electron chi connectivity index (χ4n) is 3.36. The summed E-state index contributed by atoms with van der Waals surface area (Å²) in [6, 6.07) is 0. The lowest BCUT2D eigenvalue weighted by atomic mass is 9.98. The summed E-state index contributed by atoms with van der Waals surface area (Å²) in [6.45, 7) is 5.41. The van der Waals surface area contributed by atoms with Crippen molar-refractivity contribution in [2.75, 3.05) is 42.2 Å². The van der Waals surface area contributed by atoms with Crippen molar-refractivity contribution >= 4 is 17.8 Å². The molecule has 2 atom stereocenters. The number of hydrogen-bond acceptors (Lipinski definition) is 6. The molecule has 6 heteroatoms. The molecule has 0 radical (unpaired) electrons. The van der Waals surface area contributed by atoms with E-state index in [1.165, 1.54) is 32.1 Å². The van der Waals surface area contributed by atoms with Gasteiger partial charge in [-0.05, 0) is 31.1 Å². The molecule has 2 N–H and O–H groups in total. The van der Waals surface area contributed by atoms with Gasteiger partial charge in [0.15, 0.2) is 0 Å². The Hall–Kier alpha value is -1.59. The lowest BCUT2D eigenvalue weighted by Crippen LogP contribution is -2.23. The molecule has 0 spiro atoms. The van der Waals surface area contributed by atoms with Gasteiger partial charge in [0.25, 0.3) is 0 Å². The molecule has 0 bridgehead atoms. The van der Waals surface area contributed by atoms with Crippen molar-refractivity contribution in [2.24, 2.45) is 11.8 Å². The van der Waals surface area contributed by atoms with E-state index in [0.29, 0.717) is 11.9 Å². The highest BCUT2D eigenvalue weighted by atomic mass is 15.3. The van der Waals surface area contributed by atoms with Gasteiger partial charge >= 0.3 is 0 Å². The Bertz CT molecular complexity index is 471. The third kappa shape index (κ3) is 3.36. The first-order valence-electron chi connectivity index (χ1n) is 8.19. The molecule has 2 heterocycles. The second kappa shape index (κ2) is 6.45. The van der Waals surface area contributed by atoms with Crippen LogP contribution >= 0.6 is 0 Å². The zero-order valence-electron chi connectivity index (χ0n) is 13.1. The van der Waals surface area contributed by atoms with Crippen LogP contribution in [-0.4, -0.2) is 41.6 Å². The molecule has 1 saturated heterocycles. The lowest BCUT2D eigenvalue weighted by molar-refractivity contribution is 0.439. The van der Waals surface area contributed by atoms with Gasteiger partial charge in [0, 0.05) is 26.7 Å². The van der Waals surface area contributed by atoms with Gasteiger partial charge in [-0.2, -0.15) is 15.0 Å². The molecule has 0 aromatic carbocycles. The molecule has 1 aliphatic carbocycles. The predicted molar refractivity (Wildman–Crippen MR) is 85.8 cm³/mol. The van der Waals surface area contributed by atoms with Crippen LogP contribution in [0.3, 0.4) is 0 Å². The Labute approximate surface area is 126 Å². The fourth-order valence-corrected chi connectivity index (χ4v) is 3.36. The SMILES string of the molecule is CNc1nc(NCC2CCCC2C)nc(N2CCCC2)n1. The molecular weight excluding hydrogens is 264 g/mol. The zero-order chi connectivity index (χ0) is 14.7. The van der Waals surface area contributed by atoms with Crippen molar-refractivity contribution < 1.29 is 0 Å². The maximum absolute atomic E-state index is 4.60. The highest BCUT2D eigenvalue weighted by Crippen LogP contribution is 2.31. The van der Waals surface area contributed by atoms with Crippen LogP contribution < -0.4 is 15.5 Å². The number of rotatable bonds is 5. The van der Waals surface area contributed by atoms with Crippen molar-refractivity contribution in [3.63, 3.8) is 0 Å². The van der Waals surface area contributed by atoms with Crippen molar-refractivity contribution in [1.29, 1.82) is 0 Å². The predicted octanol–water partition coefficient (Wildman–Crippen LogP) is 2.36. The van der Waals surface area contributed by atoms with Gasteiger partial charge in [-0.1, -0.05) is 19.8 Å². The van der Waals surface area contributed by atoms with Crippen LogP contribution in [0.4, 0.5) is 17.8 Å². The summed E-state index contributed by atoms with van der Waals surface area (Å²) in [5.41, 5.74) is 0. The number of aromatic nitrogens is 3. The van der Waals surface area contributed by atoms with E-state index in [1.54, 1.807) is 0 Å². The molecule has 2 unspecified atom stereocenters. The number of nitrogens with one attached hydrogen (secondary N) is 2. The summed E-state index contributed by atoms with van der Waals surface area (Å²) in [5, 5.41) is 6.47. The van der Waals surface area contributed by atoms with E-state index < -0.39 is 0 Å². The van der Waals surface area contributed by atoms with Crippen molar-refractivity contribution in [3.05, 3.63) is 0 Å². The molecule has 3 rings (SSSR count). The minimum atomic E-state index is 0.647. The van der Waals surface area contributed by atoms with Gasteiger partial charge in [0.2, 0.25) is 17.8 Å². The highest BCUT2D eigenvalue weighted by molar-refractivity contribution is 5.44. The van der Waals surface area contributed by atoms with E-state index in [-0.39, 0.29) is 0 Å². The molecule has 1 aromatic rings. The summed E-state index contributed by atoms with van der Waals surface area (Å²) in [6.07, 6.45) is 6.47. The van der Waals surface area contributed by atoms with Crippen LogP contribution in [0.1, 0.15) is 39.0 Å². The van der Waals surface area contributed by atoms with Gasteiger partial charge in [0.1, 0.15) is 0 Å². The molecule has 1 aromatic heterocycles. The number of nitrogens with zero attached hydrogens (tertiary/aromatic N) is 4. The standard InChI is InChI=1S/C15H26N6/c1-11-6-5-7-12(11)10-17-14-18-13(16-2)19-15(20-14)21-8-3-4-9-21/h11-12H,3-10H2,1-2H3,(H2,16,17,18,19,20). The van der Waals surface area contributed by atoms with Crippen LogP contribution in [0.15, 0.2) is 0 Å². The largest absolute Gasteiger partial charge is 0.357 e. The average Bonchev–Trinajstić information content (AvgIpc) is 3.16. The summed E-state index contributed by atoms with van der Waals surface area (Å²) in [4.78, 5) is 15.8. The molecule has 1 aliphatic heterocycles. The lowest BCUT2D eigenvalue weighted by Gasteiger charge is -2.19. The Morgan fingerprint density at radius 1 is 1.05 bits per heavy atom. The Morgan fingerprint density at radius 3 is 2.48 bits per heavy atom. The van der Waals surface area contributed by atoms with Crippen LogP contribution in [0.5, 0.6) is 0 Å². The van der Waals surface area contributed by atoms with Crippen molar-refractivity contribution in [3.8, 4) is 0 Å². The fraction of sp³-hybridized carbons (Fsp3) is 0.800. The van der Waals surface area contributed by atoms with Gasteiger partial charge in [-0.3, -0.25) is 0 Å². The van der Waals surface area contributed by atoms with Crippen LogP contribution in [-0.2, 0) is 0 Å². The molecule has 0 amide bonds. The third-order valence-electron chi connectivity index (χ3n) is 4.80. The first-order chi connectivity index (χ1) is 10.3. The van der Waals surface area contributed by atoms with Gasteiger partial charge in [-0.15, -0.1) is 0 Å². The van der Waals surface area contributed by atoms with Gasteiger partial charge in [-0.25, -0.2) is 0 Å². The van der Waals surface area contributed by atoms with E-state index in [4.69, 9.17) is 0 Å². The summed E-state index contributed by atoms with van der Waals surface area (Å²) in [5.74, 6) is 3.70. The molecule has 1 saturated carbocycles. The summed E-state index contributed by atoms with van der Waals surface area (Å²) >= 11 is 0. The van der Waals surface area contributed by atoms with Crippen molar-refractivity contribution in [1.82, 2.24) is 15.0 Å². The quantitative estimate of drug-likeness (QED) is 0.868. The van der Waals surface area contributed by atoms with E-state index in [0.717, 1.165) is 37.4 Å². The Morgan fingerprint density at radius 2 is 1.81 bits per heavy atom. The smallest absolute Gasteiger partial charge is 0.231 e. The molecular formula is C15H26N6. The molecule has 116 valence electrons. The van der Waals surface area contributed by atoms with E-state index in [1.807, 2.05) is 7.05 Å². The number of anilines is 3. The molecule has 6 nitrogen and oxygen atoms in total. The van der Waals surface area contributed by atoms with Crippen LogP contribution in [0.2, 0.25) is 0 Å². The van der Waals surface area contributed by atoms with E-state index >= 15 is 0 Å². The van der Waals surface area contributed by atoms with Crippen LogP contribution in [0.25, 0.3) is 0 Å². The maximum Gasteiger partial charge on any atom is 0.231 e. The monoisotopic (exact) mass is 290 g/mol. The van der Waals surface area contributed by atoms with Gasteiger partial charge in [0.05, 0.1) is 0 Å². The molecule has 2 aliphatic rings. The average molecular weight is 290 g/mol. The molecule has 2 fully saturated rings. The van der Waals surface area contributed by atoms with Crippen molar-refractivity contribution in [2.45, 2.75) is 39.0 Å². The Balaban J connectivity index is 1.69. The zero-order valence-corrected chi connectivity index (χ0v) is 13.1. The van der Waals surface area contributed by atoms with E-state index in [2.05, 4.69) is 37.4 Å². The summed E-state index contributed by atoms with van der Waals surface area (Å²) in [7, 11) is 1.85. The minimum absolute atomic E-state index is 0.647. The normalized spacial score (nSPS) is 25.3. The first kappa shape index (κ1) is 14.4. The second-order valence-corrected chi connectivity index (χ2v) is 6.28. The summed E-state index contributed by atoms with van der Waals surface area (Å²) < 4.78 is 0.